The van der Waals surface area contributed by atoms with Crippen LogP contribution in [0.4, 0.5) is 5.69 Å². The lowest BCUT2D eigenvalue weighted by Crippen LogP contribution is -2.38. The SMILES string of the molecule is CCC1(CCC(=O)N(COC)c2ccccc2I)CCCn2c(C(=O)OC)ccc21. The monoisotopic (exact) mass is 524 g/mol. The first-order valence-corrected chi connectivity index (χ1v) is 11.4. The quantitative estimate of drug-likeness (QED) is 0.285. The molecule has 2 aromatic rings. The second kappa shape index (κ2) is 9.96. The van der Waals surface area contributed by atoms with Gasteiger partial charge in [0.05, 0.1) is 12.8 Å². The smallest absolute Gasteiger partial charge is 0.354 e. The zero-order valence-corrected chi connectivity index (χ0v) is 20.0. The summed E-state index contributed by atoms with van der Waals surface area (Å²) in [6.07, 6.45) is 4.05. The topological polar surface area (TPSA) is 60.8 Å². The van der Waals surface area contributed by atoms with Crippen LogP contribution in [0.15, 0.2) is 36.4 Å². The highest BCUT2D eigenvalue weighted by Crippen LogP contribution is 2.42. The number of benzene rings is 1. The Labute approximate surface area is 191 Å². The number of halogens is 1. The number of methoxy groups -OCH3 is 2. The molecule has 1 aliphatic heterocycles. The van der Waals surface area contributed by atoms with E-state index in [0.29, 0.717) is 12.1 Å². The highest BCUT2D eigenvalue weighted by Gasteiger charge is 2.38. The molecule has 1 aliphatic rings. The predicted molar refractivity (Wildman–Crippen MR) is 125 cm³/mol. The molecule has 30 heavy (non-hydrogen) atoms. The number of esters is 1. The van der Waals surface area contributed by atoms with Crippen LogP contribution in [-0.2, 0) is 26.2 Å². The van der Waals surface area contributed by atoms with E-state index >= 15 is 0 Å². The molecular weight excluding hydrogens is 495 g/mol. The van der Waals surface area contributed by atoms with Crippen molar-refractivity contribution < 1.29 is 19.1 Å². The molecule has 0 spiro atoms. The van der Waals surface area contributed by atoms with E-state index in [1.807, 2.05) is 36.4 Å². The van der Waals surface area contributed by atoms with Crippen molar-refractivity contribution in [2.24, 2.45) is 0 Å². The third kappa shape index (κ3) is 4.42. The van der Waals surface area contributed by atoms with Crippen LogP contribution in [0, 0.1) is 3.57 Å². The van der Waals surface area contributed by atoms with Gasteiger partial charge in [0.2, 0.25) is 5.91 Å². The number of aromatic nitrogens is 1. The summed E-state index contributed by atoms with van der Waals surface area (Å²) in [6, 6.07) is 11.7. The fourth-order valence-corrected chi connectivity index (χ4v) is 5.18. The first-order valence-electron chi connectivity index (χ1n) is 10.3. The Bertz CT molecular complexity index is 910. The summed E-state index contributed by atoms with van der Waals surface area (Å²) < 4.78 is 13.4. The van der Waals surface area contributed by atoms with Crippen LogP contribution >= 0.6 is 22.6 Å². The maximum Gasteiger partial charge on any atom is 0.354 e. The third-order valence-corrected chi connectivity index (χ3v) is 7.06. The molecule has 1 aromatic carbocycles. The molecule has 3 rings (SSSR count). The van der Waals surface area contributed by atoms with Crippen LogP contribution in [0.2, 0.25) is 0 Å². The minimum atomic E-state index is -0.311. The summed E-state index contributed by atoms with van der Waals surface area (Å²) in [6.45, 7) is 3.19. The molecule has 1 aromatic heterocycles. The molecular formula is C23H29IN2O4. The molecule has 1 unspecified atom stereocenters. The summed E-state index contributed by atoms with van der Waals surface area (Å²) in [5, 5.41) is 0. The Morgan fingerprint density at radius 3 is 2.63 bits per heavy atom. The van der Waals surface area contributed by atoms with E-state index in [9.17, 15) is 9.59 Å². The first kappa shape index (κ1) is 22.8. The van der Waals surface area contributed by atoms with Crippen molar-refractivity contribution >= 4 is 40.2 Å². The van der Waals surface area contributed by atoms with Crippen LogP contribution in [0.3, 0.4) is 0 Å². The second-order valence-corrected chi connectivity index (χ2v) is 8.84. The fourth-order valence-electron chi connectivity index (χ4n) is 4.50. The highest BCUT2D eigenvalue weighted by molar-refractivity contribution is 14.1. The molecule has 7 heteroatoms. The molecule has 0 radical (unpaired) electrons. The summed E-state index contributed by atoms with van der Waals surface area (Å²) in [4.78, 5) is 27.1. The minimum absolute atomic E-state index is 0.0469. The number of rotatable bonds is 8. The van der Waals surface area contributed by atoms with Gasteiger partial charge in [-0.15, -0.1) is 0 Å². The molecule has 0 fully saturated rings. The molecule has 1 atom stereocenters. The number of anilines is 1. The van der Waals surface area contributed by atoms with Crippen molar-refractivity contribution in [3.05, 3.63) is 51.4 Å². The standard InChI is InChI=1S/C23H29IN2O4/c1-4-23(13-7-15-25-19(22(28)30-3)10-11-20(23)25)14-12-21(27)26(16-29-2)18-9-6-5-8-17(18)24/h5-6,8-11H,4,7,12-16H2,1-3H3. The van der Waals surface area contributed by atoms with Crippen LogP contribution < -0.4 is 4.90 Å². The second-order valence-electron chi connectivity index (χ2n) is 7.68. The average molecular weight is 524 g/mol. The predicted octanol–water partition coefficient (Wildman–Crippen LogP) is 4.74. The number of para-hydroxylation sites is 1. The maximum atomic E-state index is 13.2. The summed E-state index contributed by atoms with van der Waals surface area (Å²) >= 11 is 2.25. The van der Waals surface area contributed by atoms with Crippen molar-refractivity contribution in [1.82, 2.24) is 4.57 Å². The van der Waals surface area contributed by atoms with E-state index in [1.54, 1.807) is 12.0 Å². The Morgan fingerprint density at radius 2 is 1.97 bits per heavy atom. The van der Waals surface area contributed by atoms with Crippen molar-refractivity contribution in [2.75, 3.05) is 25.9 Å². The van der Waals surface area contributed by atoms with E-state index in [4.69, 9.17) is 9.47 Å². The number of carbonyl (C=O) groups excluding carboxylic acids is 2. The van der Waals surface area contributed by atoms with E-state index in [0.717, 1.165) is 47.2 Å². The molecule has 1 amide bonds. The molecule has 0 aliphatic carbocycles. The molecule has 2 heterocycles. The zero-order valence-electron chi connectivity index (χ0n) is 17.8. The van der Waals surface area contributed by atoms with Crippen molar-refractivity contribution in [3.8, 4) is 0 Å². The average Bonchev–Trinajstić information content (AvgIpc) is 3.21. The molecule has 0 N–H and O–H groups in total. The van der Waals surface area contributed by atoms with E-state index < -0.39 is 0 Å². The lowest BCUT2D eigenvalue weighted by molar-refractivity contribution is -0.120. The molecule has 6 nitrogen and oxygen atoms in total. The molecule has 0 saturated heterocycles. The molecule has 0 bridgehead atoms. The van der Waals surface area contributed by atoms with Crippen molar-refractivity contribution in [1.29, 1.82) is 0 Å². The van der Waals surface area contributed by atoms with Gasteiger partial charge in [-0.1, -0.05) is 19.1 Å². The number of carbonyl (C=O) groups is 2. The lowest BCUT2D eigenvalue weighted by Gasteiger charge is -2.39. The Morgan fingerprint density at radius 1 is 1.20 bits per heavy atom. The molecule has 0 saturated carbocycles. The Kier molecular flexibility index (Phi) is 7.57. The van der Waals surface area contributed by atoms with Gasteiger partial charge in [0, 0.05) is 34.8 Å². The van der Waals surface area contributed by atoms with Crippen LogP contribution in [0.1, 0.15) is 55.2 Å². The minimum Gasteiger partial charge on any atom is -0.464 e. The van der Waals surface area contributed by atoms with Gasteiger partial charge in [-0.05, 0) is 72.5 Å². The summed E-state index contributed by atoms with van der Waals surface area (Å²) in [5.74, 6) is -0.264. The Balaban J connectivity index is 1.83. The maximum absolute atomic E-state index is 13.2. The third-order valence-electron chi connectivity index (χ3n) is 6.15. The van der Waals surface area contributed by atoms with Crippen LogP contribution in [-0.4, -0.2) is 37.4 Å². The van der Waals surface area contributed by atoms with E-state index in [2.05, 4.69) is 34.1 Å². The van der Waals surface area contributed by atoms with Crippen molar-refractivity contribution in [2.45, 2.75) is 51.0 Å². The Hall–Kier alpha value is -1.87. The number of fused-ring (bicyclic) bond motifs is 1. The molecule has 162 valence electrons. The highest BCUT2D eigenvalue weighted by atomic mass is 127. The van der Waals surface area contributed by atoms with Crippen LogP contribution in [0.5, 0.6) is 0 Å². The fraction of sp³-hybridized carbons (Fsp3) is 0.478. The zero-order chi connectivity index (χ0) is 21.7. The lowest BCUT2D eigenvalue weighted by atomic mass is 9.72. The van der Waals surface area contributed by atoms with Crippen LogP contribution in [0.25, 0.3) is 0 Å². The number of hydrogen-bond acceptors (Lipinski definition) is 4. The van der Waals surface area contributed by atoms with Gasteiger partial charge in [-0.25, -0.2) is 4.79 Å². The number of amides is 1. The van der Waals surface area contributed by atoms with Gasteiger partial charge < -0.3 is 14.0 Å². The van der Waals surface area contributed by atoms with E-state index in [1.165, 1.54) is 7.11 Å². The van der Waals surface area contributed by atoms with Gasteiger partial charge in [-0.3, -0.25) is 9.69 Å². The van der Waals surface area contributed by atoms with Gasteiger partial charge in [-0.2, -0.15) is 0 Å². The number of hydrogen-bond donors (Lipinski definition) is 0. The number of ether oxygens (including phenoxy) is 2. The number of nitrogens with zero attached hydrogens (tertiary/aromatic N) is 2. The van der Waals surface area contributed by atoms with Crippen molar-refractivity contribution in [3.63, 3.8) is 0 Å². The van der Waals surface area contributed by atoms with Gasteiger partial charge in [0.1, 0.15) is 12.4 Å². The normalized spacial score (nSPS) is 18.0. The summed E-state index contributed by atoms with van der Waals surface area (Å²) in [7, 11) is 3.01. The first-order chi connectivity index (χ1) is 14.5. The van der Waals surface area contributed by atoms with Gasteiger partial charge in [0.25, 0.3) is 0 Å². The van der Waals surface area contributed by atoms with E-state index in [-0.39, 0.29) is 24.0 Å². The van der Waals surface area contributed by atoms with Gasteiger partial charge in [0.15, 0.2) is 0 Å². The van der Waals surface area contributed by atoms with Gasteiger partial charge >= 0.3 is 5.97 Å². The largest absolute Gasteiger partial charge is 0.464 e. The summed E-state index contributed by atoms with van der Waals surface area (Å²) in [5.41, 5.74) is 2.48.